The molecule has 1 heterocycles. The summed E-state index contributed by atoms with van der Waals surface area (Å²) in [7, 11) is 1.55. The standard InChI is InChI=1S/C15H21N3O3S/c1-21-13-8-10(22-2)3-4-11(13)15(20)18-9-5-6-17-12(7-9)14(16)19/h3-4,8-9,12,17H,5-7H2,1-2H3,(H2,16,19)(H,18,20)/t9-,12-/m0/s1. The number of carbonyl (C=O) groups excluding carboxylic acids is 2. The van der Waals surface area contributed by atoms with Gasteiger partial charge in [-0.15, -0.1) is 11.8 Å². The number of carbonyl (C=O) groups is 2. The van der Waals surface area contributed by atoms with Gasteiger partial charge in [-0.2, -0.15) is 0 Å². The van der Waals surface area contributed by atoms with E-state index in [-0.39, 0.29) is 23.9 Å². The molecule has 7 heteroatoms. The Morgan fingerprint density at radius 1 is 1.45 bits per heavy atom. The molecule has 0 aliphatic carbocycles. The van der Waals surface area contributed by atoms with Crippen molar-refractivity contribution in [2.45, 2.75) is 29.8 Å². The van der Waals surface area contributed by atoms with Crippen LogP contribution in [0, 0.1) is 0 Å². The number of nitrogens with one attached hydrogen (secondary N) is 2. The van der Waals surface area contributed by atoms with E-state index < -0.39 is 0 Å². The van der Waals surface area contributed by atoms with Crippen molar-refractivity contribution in [1.29, 1.82) is 0 Å². The van der Waals surface area contributed by atoms with Crippen LogP contribution in [0.3, 0.4) is 0 Å². The van der Waals surface area contributed by atoms with E-state index in [9.17, 15) is 9.59 Å². The molecular weight excluding hydrogens is 302 g/mol. The van der Waals surface area contributed by atoms with Gasteiger partial charge in [-0.25, -0.2) is 0 Å². The van der Waals surface area contributed by atoms with Crippen LogP contribution >= 0.6 is 11.8 Å². The highest BCUT2D eigenvalue weighted by Gasteiger charge is 2.27. The molecule has 0 bridgehead atoms. The minimum Gasteiger partial charge on any atom is -0.496 e. The lowest BCUT2D eigenvalue weighted by atomic mass is 9.98. The van der Waals surface area contributed by atoms with E-state index in [1.54, 1.807) is 24.9 Å². The van der Waals surface area contributed by atoms with Crippen LogP contribution in [0.5, 0.6) is 5.75 Å². The fourth-order valence-corrected chi connectivity index (χ4v) is 2.94. The van der Waals surface area contributed by atoms with Crippen molar-refractivity contribution in [2.24, 2.45) is 5.73 Å². The van der Waals surface area contributed by atoms with Crippen LogP contribution in [0.2, 0.25) is 0 Å². The number of ether oxygens (including phenoxy) is 1. The zero-order valence-corrected chi connectivity index (χ0v) is 13.5. The summed E-state index contributed by atoms with van der Waals surface area (Å²) in [5.41, 5.74) is 5.81. The molecule has 2 rings (SSSR count). The third kappa shape index (κ3) is 3.92. The zero-order valence-electron chi connectivity index (χ0n) is 12.7. The van der Waals surface area contributed by atoms with Gasteiger partial charge >= 0.3 is 0 Å². The fraction of sp³-hybridized carbons (Fsp3) is 0.467. The molecule has 1 saturated heterocycles. The number of hydrogen-bond donors (Lipinski definition) is 3. The summed E-state index contributed by atoms with van der Waals surface area (Å²) in [6, 6.07) is 5.02. The van der Waals surface area contributed by atoms with Crippen LogP contribution in [-0.4, -0.2) is 43.8 Å². The topological polar surface area (TPSA) is 93.4 Å². The summed E-state index contributed by atoms with van der Waals surface area (Å²) in [4.78, 5) is 24.7. The Labute approximate surface area is 134 Å². The van der Waals surface area contributed by atoms with Crippen molar-refractivity contribution in [1.82, 2.24) is 10.6 Å². The lowest BCUT2D eigenvalue weighted by Gasteiger charge is -2.29. The van der Waals surface area contributed by atoms with Gasteiger partial charge in [0.1, 0.15) is 5.75 Å². The maximum absolute atomic E-state index is 12.4. The summed E-state index contributed by atoms with van der Waals surface area (Å²) in [6.45, 7) is 0.654. The molecule has 0 saturated carbocycles. The van der Waals surface area contributed by atoms with Crippen LogP contribution < -0.4 is 21.1 Å². The van der Waals surface area contributed by atoms with E-state index in [1.807, 2.05) is 18.4 Å². The molecule has 0 aromatic heterocycles. The number of hydrogen-bond acceptors (Lipinski definition) is 5. The molecule has 1 fully saturated rings. The van der Waals surface area contributed by atoms with Gasteiger partial charge < -0.3 is 21.1 Å². The molecule has 2 amide bonds. The first-order valence-electron chi connectivity index (χ1n) is 7.10. The zero-order chi connectivity index (χ0) is 16.1. The Morgan fingerprint density at radius 2 is 2.23 bits per heavy atom. The second-order valence-corrected chi connectivity index (χ2v) is 6.05. The van der Waals surface area contributed by atoms with Crippen molar-refractivity contribution in [3.63, 3.8) is 0 Å². The van der Waals surface area contributed by atoms with Crippen LogP contribution in [0.1, 0.15) is 23.2 Å². The summed E-state index contributed by atoms with van der Waals surface area (Å²) in [6.07, 6.45) is 3.24. The first-order chi connectivity index (χ1) is 10.5. The maximum atomic E-state index is 12.4. The molecule has 0 unspecified atom stereocenters. The van der Waals surface area contributed by atoms with E-state index in [2.05, 4.69) is 10.6 Å². The largest absolute Gasteiger partial charge is 0.496 e. The number of nitrogens with two attached hydrogens (primary N) is 1. The summed E-state index contributed by atoms with van der Waals surface area (Å²) >= 11 is 1.59. The third-order valence-corrected chi connectivity index (χ3v) is 4.46. The van der Waals surface area contributed by atoms with Crippen LogP contribution in [0.4, 0.5) is 0 Å². The number of rotatable bonds is 5. The van der Waals surface area contributed by atoms with E-state index >= 15 is 0 Å². The number of primary amides is 1. The minimum atomic E-state index is -0.389. The summed E-state index contributed by atoms with van der Waals surface area (Å²) in [5.74, 6) is -0.0368. The van der Waals surface area contributed by atoms with Crippen molar-refractivity contribution in [3.05, 3.63) is 23.8 Å². The molecule has 1 aliphatic heterocycles. The average Bonchev–Trinajstić information content (AvgIpc) is 2.54. The Kier molecular flexibility index (Phi) is 5.68. The number of piperidine rings is 1. The number of amides is 2. The molecule has 4 N–H and O–H groups in total. The average molecular weight is 323 g/mol. The predicted octanol–water partition coefficient (Wildman–Crippen LogP) is 0.753. The van der Waals surface area contributed by atoms with Crippen molar-refractivity contribution in [2.75, 3.05) is 19.9 Å². The van der Waals surface area contributed by atoms with Crippen LogP contribution in [0.25, 0.3) is 0 Å². The van der Waals surface area contributed by atoms with E-state index in [0.29, 0.717) is 24.3 Å². The van der Waals surface area contributed by atoms with Gasteiger partial charge in [-0.3, -0.25) is 9.59 Å². The molecule has 1 aromatic rings. The SMILES string of the molecule is COc1cc(SC)ccc1C(=O)N[C@H]1CCN[C@H](C(N)=O)C1. The molecule has 120 valence electrons. The summed E-state index contributed by atoms with van der Waals surface area (Å²) < 4.78 is 5.30. The highest BCUT2D eigenvalue weighted by atomic mass is 32.2. The minimum absolute atomic E-state index is 0.0730. The van der Waals surface area contributed by atoms with Crippen molar-refractivity contribution in [3.8, 4) is 5.75 Å². The van der Waals surface area contributed by atoms with Gasteiger partial charge in [0.25, 0.3) is 5.91 Å². The van der Waals surface area contributed by atoms with Gasteiger partial charge in [0.05, 0.1) is 18.7 Å². The molecule has 22 heavy (non-hydrogen) atoms. The van der Waals surface area contributed by atoms with Gasteiger partial charge in [-0.1, -0.05) is 0 Å². The highest BCUT2D eigenvalue weighted by Crippen LogP contribution is 2.25. The lowest BCUT2D eigenvalue weighted by Crippen LogP contribution is -2.52. The van der Waals surface area contributed by atoms with Crippen molar-refractivity contribution < 1.29 is 14.3 Å². The van der Waals surface area contributed by atoms with E-state index in [0.717, 1.165) is 11.3 Å². The van der Waals surface area contributed by atoms with Gasteiger partial charge in [0.15, 0.2) is 0 Å². The molecule has 1 aromatic carbocycles. The Bertz CT molecular complexity index is 565. The van der Waals surface area contributed by atoms with Crippen molar-refractivity contribution >= 4 is 23.6 Å². The Morgan fingerprint density at radius 3 is 2.86 bits per heavy atom. The smallest absolute Gasteiger partial charge is 0.255 e. The molecule has 6 nitrogen and oxygen atoms in total. The Hall–Kier alpha value is -1.73. The first kappa shape index (κ1) is 16.6. The second-order valence-electron chi connectivity index (χ2n) is 5.17. The first-order valence-corrected chi connectivity index (χ1v) is 8.33. The normalized spacial score (nSPS) is 21.2. The van der Waals surface area contributed by atoms with Crippen LogP contribution in [-0.2, 0) is 4.79 Å². The quantitative estimate of drug-likeness (QED) is 0.695. The predicted molar refractivity (Wildman–Crippen MR) is 86.2 cm³/mol. The van der Waals surface area contributed by atoms with E-state index in [1.165, 1.54) is 0 Å². The molecular formula is C15H21N3O3S. The lowest BCUT2D eigenvalue weighted by molar-refractivity contribution is -0.120. The number of thioether (sulfide) groups is 1. The van der Waals surface area contributed by atoms with E-state index in [4.69, 9.17) is 10.5 Å². The molecule has 2 atom stereocenters. The number of methoxy groups -OCH3 is 1. The Balaban J connectivity index is 2.07. The highest BCUT2D eigenvalue weighted by molar-refractivity contribution is 7.98. The van der Waals surface area contributed by atoms with Gasteiger partial charge in [0, 0.05) is 10.9 Å². The molecule has 0 radical (unpaired) electrons. The monoisotopic (exact) mass is 323 g/mol. The van der Waals surface area contributed by atoms with Gasteiger partial charge in [0.2, 0.25) is 5.91 Å². The fourth-order valence-electron chi connectivity index (χ4n) is 2.51. The molecule has 1 aliphatic rings. The van der Waals surface area contributed by atoms with Crippen LogP contribution in [0.15, 0.2) is 23.1 Å². The summed E-state index contributed by atoms with van der Waals surface area (Å²) in [5, 5.41) is 6.00. The maximum Gasteiger partial charge on any atom is 0.255 e. The molecule has 0 spiro atoms. The number of benzene rings is 1. The third-order valence-electron chi connectivity index (χ3n) is 3.74. The van der Waals surface area contributed by atoms with Gasteiger partial charge in [-0.05, 0) is 43.8 Å². The second kappa shape index (κ2) is 7.51.